The highest BCUT2D eigenvalue weighted by molar-refractivity contribution is 9.10. The van der Waals surface area contributed by atoms with Crippen molar-refractivity contribution in [1.82, 2.24) is 9.38 Å². The number of hydrogen-bond donors (Lipinski definition) is 1. The smallest absolute Gasteiger partial charge is 0.372 e. The number of oxazole rings is 1. The largest absolute Gasteiger partial charge is 0.475 e. The molecular formula is C7H5BrN2O3. The number of carboxylic acids is 1. The zero-order chi connectivity index (χ0) is 9.59. The molecule has 0 aliphatic heterocycles. The number of aromatic carboxylic acids is 1. The Bertz CT molecular complexity index is 485. The van der Waals surface area contributed by atoms with Gasteiger partial charge in [-0.25, -0.2) is 9.78 Å². The van der Waals surface area contributed by atoms with Gasteiger partial charge in [0.1, 0.15) is 5.76 Å². The van der Waals surface area contributed by atoms with Gasteiger partial charge in [-0.2, -0.15) is 0 Å². The summed E-state index contributed by atoms with van der Waals surface area (Å²) in [7, 11) is 0. The highest BCUT2D eigenvalue weighted by atomic mass is 79.9. The van der Waals surface area contributed by atoms with E-state index in [1.807, 2.05) is 0 Å². The summed E-state index contributed by atoms with van der Waals surface area (Å²) in [6, 6.07) is 0. The lowest BCUT2D eigenvalue weighted by atomic mass is 10.6. The topological polar surface area (TPSA) is 67.7 Å². The quantitative estimate of drug-likeness (QED) is 0.830. The van der Waals surface area contributed by atoms with Crippen molar-refractivity contribution in [3.63, 3.8) is 0 Å². The van der Waals surface area contributed by atoms with Gasteiger partial charge in [-0.15, -0.1) is 0 Å². The van der Waals surface area contributed by atoms with Crippen LogP contribution in [0.25, 0.3) is 5.71 Å². The van der Waals surface area contributed by atoms with Gasteiger partial charge in [-0.05, 0) is 22.9 Å². The van der Waals surface area contributed by atoms with Crippen LogP contribution in [0.15, 0.2) is 15.2 Å². The van der Waals surface area contributed by atoms with Gasteiger partial charge in [0.25, 0.3) is 0 Å². The van der Waals surface area contributed by atoms with Crippen LogP contribution in [0.4, 0.5) is 0 Å². The zero-order valence-electron chi connectivity index (χ0n) is 6.61. The minimum Gasteiger partial charge on any atom is -0.475 e. The Hall–Kier alpha value is -1.30. The summed E-state index contributed by atoms with van der Waals surface area (Å²) < 4.78 is 7.01. The van der Waals surface area contributed by atoms with Gasteiger partial charge in [-0.3, -0.25) is 4.40 Å². The molecule has 0 radical (unpaired) electrons. The lowest BCUT2D eigenvalue weighted by Gasteiger charge is -1.85. The van der Waals surface area contributed by atoms with Gasteiger partial charge in [0.2, 0.25) is 11.5 Å². The van der Waals surface area contributed by atoms with Gasteiger partial charge < -0.3 is 9.52 Å². The average Bonchev–Trinajstić information content (AvgIpc) is 2.51. The number of rotatable bonds is 1. The summed E-state index contributed by atoms with van der Waals surface area (Å²) in [4.78, 5) is 14.5. The Morgan fingerprint density at radius 2 is 2.46 bits per heavy atom. The highest BCUT2D eigenvalue weighted by Crippen LogP contribution is 2.21. The molecule has 0 unspecified atom stereocenters. The molecule has 2 aromatic rings. The summed E-state index contributed by atoms with van der Waals surface area (Å²) in [5.41, 5.74) is 0.412. The zero-order valence-corrected chi connectivity index (χ0v) is 8.20. The van der Waals surface area contributed by atoms with Crippen molar-refractivity contribution in [2.45, 2.75) is 6.92 Å². The van der Waals surface area contributed by atoms with Crippen LogP contribution in [0.5, 0.6) is 0 Å². The van der Waals surface area contributed by atoms with E-state index in [0.717, 1.165) is 0 Å². The number of aromatic nitrogens is 2. The van der Waals surface area contributed by atoms with E-state index in [1.54, 1.807) is 13.1 Å². The average molecular weight is 245 g/mol. The third kappa shape index (κ3) is 1.14. The molecule has 68 valence electrons. The number of carboxylic acid groups (broad SMARTS) is 1. The standard InChI is InChI=1S/C7H5BrN2O3/c1-3-2-10-5(7(11)12)9-4(8)6(10)13-3/h2H,1H3,(H,11,12). The van der Waals surface area contributed by atoms with Crippen LogP contribution >= 0.6 is 15.9 Å². The highest BCUT2D eigenvalue weighted by Gasteiger charge is 2.17. The minimum atomic E-state index is -1.08. The Morgan fingerprint density at radius 3 is 3.08 bits per heavy atom. The first-order valence-corrected chi connectivity index (χ1v) is 4.26. The van der Waals surface area contributed by atoms with E-state index in [-0.39, 0.29) is 5.82 Å². The Labute approximate surface area is 81.1 Å². The summed E-state index contributed by atoms with van der Waals surface area (Å²) in [6.07, 6.45) is 1.58. The maximum absolute atomic E-state index is 10.7. The monoisotopic (exact) mass is 244 g/mol. The molecule has 0 saturated heterocycles. The predicted molar refractivity (Wildman–Crippen MR) is 46.9 cm³/mol. The molecule has 13 heavy (non-hydrogen) atoms. The number of aryl methyl sites for hydroxylation is 1. The Kier molecular flexibility index (Phi) is 1.66. The van der Waals surface area contributed by atoms with Crippen LogP contribution in [0, 0.1) is 6.92 Å². The number of imidazole rings is 1. The molecule has 0 aliphatic carbocycles. The normalized spacial score (nSPS) is 10.9. The molecular weight excluding hydrogens is 240 g/mol. The molecule has 0 saturated carbocycles. The number of nitrogens with zero attached hydrogens (tertiary/aromatic N) is 2. The molecule has 0 fully saturated rings. The first-order chi connectivity index (χ1) is 6.09. The SMILES string of the molecule is Cc1cn2c(C(=O)O)nc(Br)c2o1. The van der Waals surface area contributed by atoms with E-state index < -0.39 is 5.97 Å². The molecule has 0 aliphatic rings. The van der Waals surface area contributed by atoms with Gasteiger partial charge in [0.05, 0.1) is 6.20 Å². The molecule has 6 heteroatoms. The van der Waals surface area contributed by atoms with Crippen LogP contribution in [0.1, 0.15) is 16.4 Å². The van der Waals surface area contributed by atoms with E-state index in [2.05, 4.69) is 20.9 Å². The molecule has 5 nitrogen and oxygen atoms in total. The molecule has 0 atom stereocenters. The fraction of sp³-hybridized carbons (Fsp3) is 0.143. The van der Waals surface area contributed by atoms with Gasteiger partial charge >= 0.3 is 5.97 Å². The van der Waals surface area contributed by atoms with Crippen molar-refractivity contribution in [1.29, 1.82) is 0 Å². The summed E-state index contributed by atoms with van der Waals surface area (Å²) in [5.74, 6) is -0.499. The maximum Gasteiger partial charge on any atom is 0.372 e. The van der Waals surface area contributed by atoms with E-state index in [1.165, 1.54) is 4.40 Å². The van der Waals surface area contributed by atoms with Crippen molar-refractivity contribution in [3.05, 3.63) is 22.4 Å². The van der Waals surface area contributed by atoms with Crippen LogP contribution in [-0.4, -0.2) is 20.5 Å². The second-order valence-corrected chi connectivity index (χ2v) is 3.30. The van der Waals surface area contributed by atoms with Gasteiger partial charge in [-0.1, -0.05) is 0 Å². The van der Waals surface area contributed by atoms with E-state index >= 15 is 0 Å². The predicted octanol–water partition coefficient (Wildman–Crippen LogP) is 1.70. The molecule has 0 bridgehead atoms. The molecule has 0 aromatic carbocycles. The first kappa shape index (κ1) is 8.31. The number of carbonyl (C=O) groups is 1. The Balaban J connectivity index is 2.83. The lowest BCUT2D eigenvalue weighted by Crippen LogP contribution is -2.01. The van der Waals surface area contributed by atoms with Crippen LogP contribution in [0.2, 0.25) is 0 Å². The van der Waals surface area contributed by atoms with Crippen molar-refractivity contribution in [3.8, 4) is 0 Å². The van der Waals surface area contributed by atoms with E-state index in [4.69, 9.17) is 9.52 Å². The molecule has 0 spiro atoms. The van der Waals surface area contributed by atoms with E-state index in [0.29, 0.717) is 16.1 Å². The van der Waals surface area contributed by atoms with Crippen LogP contribution < -0.4 is 0 Å². The molecule has 0 amide bonds. The van der Waals surface area contributed by atoms with Gasteiger partial charge in [0, 0.05) is 0 Å². The second kappa shape index (κ2) is 2.59. The number of fused-ring (bicyclic) bond motifs is 1. The third-order valence-electron chi connectivity index (χ3n) is 1.59. The summed E-state index contributed by atoms with van der Waals surface area (Å²) in [6.45, 7) is 1.74. The third-order valence-corrected chi connectivity index (χ3v) is 2.10. The lowest BCUT2D eigenvalue weighted by molar-refractivity contribution is 0.0682. The second-order valence-electron chi connectivity index (χ2n) is 2.55. The molecule has 2 aromatic heterocycles. The molecule has 1 N–H and O–H groups in total. The van der Waals surface area contributed by atoms with Crippen molar-refractivity contribution in [2.75, 3.05) is 0 Å². The van der Waals surface area contributed by atoms with Crippen LogP contribution in [0.3, 0.4) is 0 Å². The summed E-state index contributed by atoms with van der Waals surface area (Å²) in [5, 5.41) is 8.76. The number of hydrogen-bond acceptors (Lipinski definition) is 3. The fourth-order valence-corrected chi connectivity index (χ4v) is 1.55. The van der Waals surface area contributed by atoms with Crippen molar-refractivity contribution >= 4 is 27.6 Å². The molecule has 2 heterocycles. The number of halogens is 1. The summed E-state index contributed by atoms with van der Waals surface area (Å²) >= 11 is 3.11. The van der Waals surface area contributed by atoms with Crippen molar-refractivity contribution < 1.29 is 14.3 Å². The van der Waals surface area contributed by atoms with E-state index in [9.17, 15) is 4.79 Å². The first-order valence-electron chi connectivity index (χ1n) is 3.47. The fourth-order valence-electron chi connectivity index (χ4n) is 1.11. The van der Waals surface area contributed by atoms with Crippen LogP contribution in [-0.2, 0) is 0 Å². The maximum atomic E-state index is 10.7. The van der Waals surface area contributed by atoms with Crippen molar-refractivity contribution in [2.24, 2.45) is 0 Å². The minimum absolute atomic E-state index is 0.0567. The Morgan fingerprint density at radius 1 is 1.77 bits per heavy atom. The van der Waals surface area contributed by atoms with Gasteiger partial charge in [0.15, 0.2) is 4.60 Å². The molecule has 2 rings (SSSR count).